The first kappa shape index (κ1) is 16.7. The Bertz CT molecular complexity index is 692. The van der Waals surface area contributed by atoms with Crippen LogP contribution in [0.3, 0.4) is 0 Å². The summed E-state index contributed by atoms with van der Waals surface area (Å²) in [7, 11) is -2.97. The van der Waals surface area contributed by atoms with Gasteiger partial charge in [0.25, 0.3) is 0 Å². The Morgan fingerprint density at radius 3 is 2.78 bits per heavy atom. The minimum absolute atomic E-state index is 0.0622. The van der Waals surface area contributed by atoms with E-state index in [1.807, 2.05) is 24.3 Å². The highest BCUT2D eigenvalue weighted by Gasteiger charge is 2.32. The predicted octanol–water partition coefficient (Wildman–Crippen LogP) is 1.78. The van der Waals surface area contributed by atoms with E-state index >= 15 is 0 Å². The molecule has 0 aromatic heterocycles. The van der Waals surface area contributed by atoms with Crippen LogP contribution in [0.25, 0.3) is 0 Å². The Kier molecular flexibility index (Phi) is 4.94. The lowest BCUT2D eigenvalue weighted by Crippen LogP contribution is -2.42. The van der Waals surface area contributed by atoms with E-state index in [0.717, 1.165) is 30.0 Å². The molecule has 0 bridgehead atoms. The van der Waals surface area contributed by atoms with Crippen LogP contribution in [0.15, 0.2) is 24.3 Å². The van der Waals surface area contributed by atoms with Crippen LogP contribution in [0.4, 0.5) is 0 Å². The third kappa shape index (κ3) is 4.05. The summed E-state index contributed by atoms with van der Waals surface area (Å²) in [6.07, 6.45) is 2.53. The number of benzene rings is 1. The topological polar surface area (TPSA) is 66.5 Å². The van der Waals surface area contributed by atoms with Crippen molar-refractivity contribution in [1.29, 1.82) is 0 Å². The van der Waals surface area contributed by atoms with Crippen molar-refractivity contribution in [2.75, 3.05) is 24.6 Å². The van der Waals surface area contributed by atoms with Crippen molar-refractivity contribution >= 4 is 27.3 Å². The maximum absolute atomic E-state index is 12.2. The number of hydrogen-bond acceptors (Lipinski definition) is 4. The van der Waals surface area contributed by atoms with E-state index < -0.39 is 9.84 Å². The van der Waals surface area contributed by atoms with E-state index in [2.05, 4.69) is 10.2 Å². The standard InChI is InChI=1S/C16H21ClN2O3S/c17-14-5-2-1-4-13(14)15-6-3-8-19(15)10-16(20)18-12-7-9-23(21,22)11-12/h1-2,4-5,12,15H,3,6-11H2,(H,18,20)/t12-,15+/m0/s1. The normalized spacial score (nSPS) is 27.2. The van der Waals surface area contributed by atoms with Crippen LogP contribution in [-0.2, 0) is 14.6 Å². The fourth-order valence-corrected chi connectivity index (χ4v) is 5.41. The summed E-state index contributed by atoms with van der Waals surface area (Å²) in [5.41, 5.74) is 1.06. The number of rotatable bonds is 4. The van der Waals surface area contributed by atoms with Crippen molar-refractivity contribution in [2.45, 2.75) is 31.3 Å². The van der Waals surface area contributed by atoms with Crippen LogP contribution < -0.4 is 5.32 Å². The average Bonchev–Trinajstić information content (AvgIpc) is 3.06. The second-order valence-electron chi connectivity index (χ2n) is 6.32. The number of amides is 1. The van der Waals surface area contributed by atoms with Gasteiger partial charge >= 0.3 is 0 Å². The van der Waals surface area contributed by atoms with Crippen molar-refractivity contribution < 1.29 is 13.2 Å². The van der Waals surface area contributed by atoms with Gasteiger partial charge in [0.1, 0.15) is 0 Å². The number of nitrogens with one attached hydrogen (secondary N) is 1. The van der Waals surface area contributed by atoms with E-state index in [0.29, 0.717) is 6.42 Å². The van der Waals surface area contributed by atoms with Gasteiger partial charge < -0.3 is 5.32 Å². The number of likely N-dealkylation sites (tertiary alicyclic amines) is 1. The second-order valence-corrected chi connectivity index (χ2v) is 8.95. The molecule has 2 aliphatic rings. The molecule has 0 aliphatic carbocycles. The van der Waals surface area contributed by atoms with Crippen LogP contribution in [0.1, 0.15) is 30.9 Å². The maximum Gasteiger partial charge on any atom is 0.234 e. The van der Waals surface area contributed by atoms with Gasteiger partial charge in [0.05, 0.1) is 18.1 Å². The number of hydrogen-bond donors (Lipinski definition) is 1. The van der Waals surface area contributed by atoms with Gasteiger partial charge in [-0.3, -0.25) is 9.69 Å². The van der Waals surface area contributed by atoms with Gasteiger partial charge in [-0.05, 0) is 37.4 Å². The van der Waals surface area contributed by atoms with Crippen LogP contribution >= 0.6 is 11.6 Å². The molecule has 0 spiro atoms. The highest BCUT2D eigenvalue weighted by Crippen LogP contribution is 2.35. The summed E-state index contributed by atoms with van der Waals surface area (Å²) in [6, 6.07) is 7.65. The Morgan fingerprint density at radius 2 is 2.09 bits per heavy atom. The fourth-order valence-electron chi connectivity index (χ4n) is 3.48. The van der Waals surface area contributed by atoms with Gasteiger partial charge in [0.15, 0.2) is 9.84 Å². The zero-order valence-corrected chi connectivity index (χ0v) is 14.4. The van der Waals surface area contributed by atoms with Crippen molar-refractivity contribution in [1.82, 2.24) is 10.2 Å². The fraction of sp³-hybridized carbons (Fsp3) is 0.562. The molecular formula is C16H21ClN2O3S. The highest BCUT2D eigenvalue weighted by molar-refractivity contribution is 7.91. The molecule has 2 aliphatic heterocycles. The molecule has 7 heteroatoms. The molecule has 0 unspecified atom stereocenters. The Balaban J connectivity index is 1.61. The lowest BCUT2D eigenvalue weighted by molar-refractivity contribution is -0.123. The molecule has 0 radical (unpaired) electrons. The molecule has 2 atom stereocenters. The molecule has 2 saturated heterocycles. The third-order valence-electron chi connectivity index (χ3n) is 4.57. The number of sulfone groups is 1. The first-order chi connectivity index (χ1) is 10.9. The second kappa shape index (κ2) is 6.79. The molecule has 3 rings (SSSR count). The minimum Gasteiger partial charge on any atom is -0.351 e. The molecule has 126 valence electrons. The molecule has 2 fully saturated rings. The summed E-state index contributed by atoms with van der Waals surface area (Å²) in [5, 5.41) is 3.58. The van der Waals surface area contributed by atoms with Gasteiger partial charge in [-0.25, -0.2) is 8.42 Å². The average molecular weight is 357 g/mol. The third-order valence-corrected chi connectivity index (χ3v) is 6.68. The smallest absolute Gasteiger partial charge is 0.234 e. The van der Waals surface area contributed by atoms with Crippen molar-refractivity contribution in [3.63, 3.8) is 0 Å². The van der Waals surface area contributed by atoms with E-state index in [4.69, 9.17) is 11.6 Å². The number of halogens is 1. The number of carbonyl (C=O) groups is 1. The molecule has 2 heterocycles. The van der Waals surface area contributed by atoms with Gasteiger partial charge in [-0.2, -0.15) is 0 Å². The lowest BCUT2D eigenvalue weighted by atomic mass is 10.0. The van der Waals surface area contributed by atoms with E-state index in [1.165, 1.54) is 0 Å². The first-order valence-electron chi connectivity index (χ1n) is 7.93. The maximum atomic E-state index is 12.2. The molecular weight excluding hydrogens is 336 g/mol. The highest BCUT2D eigenvalue weighted by atomic mass is 35.5. The molecule has 1 aromatic carbocycles. The van der Waals surface area contributed by atoms with E-state index in [1.54, 1.807) is 0 Å². The van der Waals surface area contributed by atoms with Crippen LogP contribution in [0, 0.1) is 0 Å². The van der Waals surface area contributed by atoms with Gasteiger partial charge in [0.2, 0.25) is 5.91 Å². The first-order valence-corrected chi connectivity index (χ1v) is 10.1. The van der Waals surface area contributed by atoms with Gasteiger partial charge in [-0.1, -0.05) is 29.8 Å². The van der Waals surface area contributed by atoms with Crippen LogP contribution in [0.5, 0.6) is 0 Å². The minimum atomic E-state index is -2.97. The molecule has 1 amide bonds. The van der Waals surface area contributed by atoms with E-state index in [-0.39, 0.29) is 36.0 Å². The zero-order chi connectivity index (χ0) is 16.4. The SMILES string of the molecule is O=C(CN1CCC[C@@H]1c1ccccc1Cl)N[C@H]1CCS(=O)(=O)C1. The molecule has 5 nitrogen and oxygen atoms in total. The summed E-state index contributed by atoms with van der Waals surface area (Å²) in [5.74, 6) is 0.127. The Labute approximate surface area is 141 Å². The summed E-state index contributed by atoms with van der Waals surface area (Å²) >= 11 is 6.28. The lowest BCUT2D eigenvalue weighted by Gasteiger charge is -2.25. The van der Waals surface area contributed by atoms with Crippen molar-refractivity contribution in [2.24, 2.45) is 0 Å². The monoisotopic (exact) mass is 356 g/mol. The summed E-state index contributed by atoms with van der Waals surface area (Å²) in [6.45, 7) is 1.14. The zero-order valence-electron chi connectivity index (χ0n) is 12.9. The summed E-state index contributed by atoms with van der Waals surface area (Å²) < 4.78 is 22.9. The van der Waals surface area contributed by atoms with Gasteiger partial charge in [0, 0.05) is 17.1 Å². The van der Waals surface area contributed by atoms with Crippen molar-refractivity contribution in [3.8, 4) is 0 Å². The number of nitrogens with zero attached hydrogens (tertiary/aromatic N) is 1. The molecule has 1 N–H and O–H groups in total. The van der Waals surface area contributed by atoms with Crippen molar-refractivity contribution in [3.05, 3.63) is 34.9 Å². The molecule has 0 saturated carbocycles. The van der Waals surface area contributed by atoms with Gasteiger partial charge in [-0.15, -0.1) is 0 Å². The summed E-state index contributed by atoms with van der Waals surface area (Å²) in [4.78, 5) is 14.4. The van der Waals surface area contributed by atoms with Crippen LogP contribution in [-0.4, -0.2) is 49.9 Å². The largest absolute Gasteiger partial charge is 0.351 e. The Morgan fingerprint density at radius 1 is 1.30 bits per heavy atom. The quantitative estimate of drug-likeness (QED) is 0.893. The molecule has 1 aromatic rings. The predicted molar refractivity (Wildman–Crippen MR) is 90.2 cm³/mol. The number of carbonyl (C=O) groups excluding carboxylic acids is 1. The Hall–Kier alpha value is -1.11. The van der Waals surface area contributed by atoms with Crippen LogP contribution in [0.2, 0.25) is 5.02 Å². The van der Waals surface area contributed by atoms with E-state index in [9.17, 15) is 13.2 Å². The molecule has 23 heavy (non-hydrogen) atoms.